The van der Waals surface area contributed by atoms with Crippen LogP contribution in [-0.2, 0) is 4.79 Å². The second kappa shape index (κ2) is 5.25. The Morgan fingerprint density at radius 2 is 2.32 bits per heavy atom. The maximum absolute atomic E-state index is 11.4. The monoisotopic (exact) mass is 344 g/mol. The highest BCUT2D eigenvalue weighted by Crippen LogP contribution is 2.31. The number of halogens is 2. The Hall–Kier alpha value is -0.880. The molecule has 1 aromatic rings. The molecule has 0 spiro atoms. The van der Waals surface area contributed by atoms with Crippen LogP contribution >= 0.6 is 27.5 Å². The zero-order valence-corrected chi connectivity index (χ0v) is 12.6. The second-order valence-corrected chi connectivity index (χ2v) is 6.21. The zero-order chi connectivity index (χ0) is 13.4. The summed E-state index contributed by atoms with van der Waals surface area (Å²) in [4.78, 5) is 21.9. The molecule has 3 rings (SSSR count). The Labute approximate surface area is 124 Å². The minimum atomic E-state index is 0.181. The summed E-state index contributed by atoms with van der Waals surface area (Å²) in [6.45, 7) is 1.77. The summed E-state index contributed by atoms with van der Waals surface area (Å²) in [6.07, 6.45) is 4.20. The fourth-order valence-electron chi connectivity index (χ4n) is 2.86. The quantitative estimate of drug-likeness (QED) is 0.791. The topological polar surface area (TPSA) is 58.1 Å². The number of hydrogen-bond acceptors (Lipinski definition) is 4. The largest absolute Gasteiger partial charge is 0.355 e. The Bertz CT molecular complexity index is 513. The number of aromatic nitrogens is 2. The Morgan fingerprint density at radius 3 is 3.16 bits per heavy atom. The molecule has 2 saturated heterocycles. The van der Waals surface area contributed by atoms with Gasteiger partial charge in [0.15, 0.2) is 0 Å². The predicted octanol–water partition coefficient (Wildman–Crippen LogP) is 2.00. The molecule has 2 fully saturated rings. The van der Waals surface area contributed by atoms with Crippen molar-refractivity contribution in [1.82, 2.24) is 15.3 Å². The summed E-state index contributed by atoms with van der Waals surface area (Å²) in [5, 5.41) is 3.34. The van der Waals surface area contributed by atoms with Crippen molar-refractivity contribution < 1.29 is 4.79 Å². The number of rotatable bonds is 1. The Morgan fingerprint density at radius 1 is 1.47 bits per heavy atom. The molecule has 19 heavy (non-hydrogen) atoms. The molecule has 1 aromatic heterocycles. The molecule has 0 saturated carbocycles. The van der Waals surface area contributed by atoms with Gasteiger partial charge in [0.25, 0.3) is 0 Å². The number of carbonyl (C=O) groups excluding carboxylic acids is 1. The van der Waals surface area contributed by atoms with E-state index in [4.69, 9.17) is 11.6 Å². The van der Waals surface area contributed by atoms with Gasteiger partial charge in [0.2, 0.25) is 11.2 Å². The van der Waals surface area contributed by atoms with Crippen molar-refractivity contribution >= 4 is 39.3 Å². The van der Waals surface area contributed by atoms with E-state index in [1.165, 1.54) is 0 Å². The molecule has 1 amide bonds. The van der Waals surface area contributed by atoms with Crippen LogP contribution in [0.4, 0.5) is 5.82 Å². The van der Waals surface area contributed by atoms with Crippen LogP contribution in [0.1, 0.15) is 19.3 Å². The fraction of sp³-hybridized carbons (Fsp3) is 0.583. The average molecular weight is 346 g/mol. The molecule has 0 aromatic carbocycles. The van der Waals surface area contributed by atoms with Crippen LogP contribution in [-0.4, -0.2) is 35.0 Å². The molecule has 0 aliphatic carbocycles. The maximum Gasteiger partial charge on any atom is 0.224 e. The van der Waals surface area contributed by atoms with Gasteiger partial charge in [-0.3, -0.25) is 4.79 Å². The fourth-order valence-corrected chi connectivity index (χ4v) is 3.43. The molecule has 5 nitrogen and oxygen atoms in total. The molecule has 2 aliphatic heterocycles. The van der Waals surface area contributed by atoms with E-state index < -0.39 is 0 Å². The minimum absolute atomic E-state index is 0.181. The number of hydrogen-bond donors (Lipinski definition) is 1. The van der Waals surface area contributed by atoms with Crippen LogP contribution in [0, 0.1) is 5.92 Å². The Kier molecular flexibility index (Phi) is 3.62. The summed E-state index contributed by atoms with van der Waals surface area (Å²) in [7, 11) is 0. The van der Waals surface area contributed by atoms with Crippen LogP contribution in [0.2, 0.25) is 5.28 Å². The van der Waals surface area contributed by atoms with Crippen LogP contribution < -0.4 is 10.2 Å². The first-order valence-corrected chi connectivity index (χ1v) is 7.53. The number of amides is 1. The third-order valence-electron chi connectivity index (χ3n) is 3.82. The maximum atomic E-state index is 11.4. The van der Waals surface area contributed by atoms with E-state index in [0.29, 0.717) is 18.4 Å². The lowest BCUT2D eigenvalue weighted by molar-refractivity contribution is -0.124. The van der Waals surface area contributed by atoms with Gasteiger partial charge in [-0.1, -0.05) is 0 Å². The predicted molar refractivity (Wildman–Crippen MR) is 76.2 cm³/mol. The number of nitrogens with zero attached hydrogens (tertiary/aromatic N) is 3. The minimum Gasteiger partial charge on any atom is -0.355 e. The summed E-state index contributed by atoms with van der Waals surface area (Å²) in [5.74, 6) is 1.52. The van der Waals surface area contributed by atoms with Crippen LogP contribution in [0.25, 0.3) is 0 Å². The molecule has 3 heterocycles. The van der Waals surface area contributed by atoms with Gasteiger partial charge >= 0.3 is 0 Å². The van der Waals surface area contributed by atoms with Crippen molar-refractivity contribution in [3.8, 4) is 0 Å². The summed E-state index contributed by atoms with van der Waals surface area (Å²) >= 11 is 9.33. The summed E-state index contributed by atoms with van der Waals surface area (Å²) in [6, 6.07) is 0.314. The molecule has 2 unspecified atom stereocenters. The average Bonchev–Trinajstić information content (AvgIpc) is 2.41. The van der Waals surface area contributed by atoms with Gasteiger partial charge in [-0.25, -0.2) is 4.98 Å². The van der Waals surface area contributed by atoms with Crippen molar-refractivity contribution in [3.05, 3.63) is 16.0 Å². The third-order valence-corrected chi connectivity index (χ3v) is 4.56. The molecule has 1 N–H and O–H groups in total. The van der Waals surface area contributed by atoms with E-state index in [1.807, 2.05) is 0 Å². The van der Waals surface area contributed by atoms with E-state index in [9.17, 15) is 4.79 Å². The molecular formula is C12H14BrClN4O. The number of nitrogens with one attached hydrogen (secondary N) is 1. The second-order valence-electron chi connectivity index (χ2n) is 5.02. The van der Waals surface area contributed by atoms with Gasteiger partial charge in [-0.2, -0.15) is 4.98 Å². The van der Waals surface area contributed by atoms with E-state index in [0.717, 1.165) is 36.2 Å². The van der Waals surface area contributed by atoms with Crippen molar-refractivity contribution in [1.29, 1.82) is 0 Å². The normalized spacial score (nSPS) is 26.8. The van der Waals surface area contributed by atoms with Gasteiger partial charge in [-0.15, -0.1) is 0 Å². The molecule has 2 atom stereocenters. The van der Waals surface area contributed by atoms with Crippen LogP contribution in [0.15, 0.2) is 10.7 Å². The number of anilines is 1. The van der Waals surface area contributed by atoms with E-state index in [-0.39, 0.29) is 11.2 Å². The lowest BCUT2D eigenvalue weighted by Gasteiger charge is -2.42. The van der Waals surface area contributed by atoms with E-state index in [1.54, 1.807) is 6.20 Å². The standard InChI is InChI=1S/C12H14BrClN4O/c13-8-5-15-12(14)17-11(8)18-4-3-9-7(6-18)1-2-10(19)16-9/h5,7,9H,1-4,6H2,(H,16,19). The summed E-state index contributed by atoms with van der Waals surface area (Å²) < 4.78 is 0.857. The molecule has 2 aliphatic rings. The van der Waals surface area contributed by atoms with E-state index in [2.05, 4.69) is 36.1 Å². The van der Waals surface area contributed by atoms with Crippen LogP contribution in [0.3, 0.4) is 0 Å². The van der Waals surface area contributed by atoms with E-state index >= 15 is 0 Å². The van der Waals surface area contributed by atoms with Gasteiger partial charge in [0.05, 0.1) is 4.47 Å². The number of carbonyl (C=O) groups is 1. The molecule has 0 bridgehead atoms. The lowest BCUT2D eigenvalue weighted by Crippen LogP contribution is -2.54. The van der Waals surface area contributed by atoms with Crippen molar-refractivity contribution in [2.75, 3.05) is 18.0 Å². The third kappa shape index (κ3) is 2.69. The highest BCUT2D eigenvalue weighted by atomic mass is 79.9. The van der Waals surface area contributed by atoms with Gasteiger partial charge in [0, 0.05) is 31.7 Å². The molecule has 0 radical (unpaired) electrons. The highest BCUT2D eigenvalue weighted by Gasteiger charge is 2.34. The van der Waals surface area contributed by atoms with Gasteiger partial charge in [0.1, 0.15) is 5.82 Å². The smallest absolute Gasteiger partial charge is 0.224 e. The number of fused-ring (bicyclic) bond motifs is 1. The van der Waals surface area contributed by atoms with Crippen LogP contribution in [0.5, 0.6) is 0 Å². The van der Waals surface area contributed by atoms with Gasteiger partial charge in [-0.05, 0) is 46.3 Å². The van der Waals surface area contributed by atoms with Gasteiger partial charge < -0.3 is 10.2 Å². The SMILES string of the molecule is O=C1CCC2CN(c3nc(Cl)ncc3Br)CCC2N1. The highest BCUT2D eigenvalue weighted by molar-refractivity contribution is 9.10. The first-order valence-electron chi connectivity index (χ1n) is 6.36. The first kappa shape index (κ1) is 13.1. The molecule has 7 heteroatoms. The van der Waals surface area contributed by atoms with Crippen molar-refractivity contribution in [2.45, 2.75) is 25.3 Å². The number of piperidine rings is 2. The Balaban J connectivity index is 1.77. The lowest BCUT2D eigenvalue weighted by atomic mass is 9.85. The zero-order valence-electron chi connectivity index (χ0n) is 10.3. The van der Waals surface area contributed by atoms with Crippen molar-refractivity contribution in [2.24, 2.45) is 5.92 Å². The summed E-state index contributed by atoms with van der Waals surface area (Å²) in [5.41, 5.74) is 0. The first-order chi connectivity index (χ1) is 9.13. The molecular weight excluding hydrogens is 332 g/mol. The van der Waals surface area contributed by atoms with Crippen molar-refractivity contribution in [3.63, 3.8) is 0 Å². The molecule has 102 valence electrons.